The van der Waals surface area contributed by atoms with Crippen LogP contribution in [0.15, 0.2) is 30.3 Å². The zero-order valence-electron chi connectivity index (χ0n) is 17.1. The fourth-order valence-electron chi connectivity index (χ4n) is 4.19. The van der Waals surface area contributed by atoms with Crippen molar-refractivity contribution in [1.82, 2.24) is 20.0 Å². The van der Waals surface area contributed by atoms with E-state index in [1.165, 1.54) is 24.8 Å². The molecule has 2 heterocycles. The molecule has 1 aromatic carbocycles. The summed E-state index contributed by atoms with van der Waals surface area (Å²) < 4.78 is 0. The Balaban J connectivity index is 1.45. The monoisotopic (exact) mass is 372 g/mol. The molecule has 1 aromatic rings. The highest BCUT2D eigenvalue weighted by atomic mass is 16.2. The Kier molecular flexibility index (Phi) is 7.13. The van der Waals surface area contributed by atoms with Crippen LogP contribution < -0.4 is 5.32 Å². The molecular weight excluding hydrogens is 336 g/mol. The van der Waals surface area contributed by atoms with E-state index in [1.807, 2.05) is 4.90 Å². The van der Waals surface area contributed by atoms with Crippen molar-refractivity contribution in [2.75, 3.05) is 45.8 Å². The first-order chi connectivity index (χ1) is 13.0. The lowest BCUT2D eigenvalue weighted by Crippen LogP contribution is -2.55. The molecular formula is C22H36N4O. The summed E-state index contributed by atoms with van der Waals surface area (Å²) in [6.07, 6.45) is 4.93. The summed E-state index contributed by atoms with van der Waals surface area (Å²) in [7, 11) is 0. The minimum absolute atomic E-state index is 0.0290. The van der Waals surface area contributed by atoms with Gasteiger partial charge in [-0.15, -0.1) is 0 Å². The molecule has 0 unspecified atom stereocenters. The Bertz CT molecular complexity index is 583. The fraction of sp³-hybridized carbons (Fsp3) is 0.682. The van der Waals surface area contributed by atoms with Crippen LogP contribution in [-0.4, -0.2) is 72.1 Å². The normalized spacial score (nSPS) is 20.3. The third kappa shape index (κ3) is 5.94. The van der Waals surface area contributed by atoms with Crippen molar-refractivity contribution in [2.45, 2.75) is 51.6 Å². The minimum Gasteiger partial charge on any atom is -0.336 e. The topological polar surface area (TPSA) is 38.8 Å². The van der Waals surface area contributed by atoms with Crippen LogP contribution in [0.4, 0.5) is 4.79 Å². The van der Waals surface area contributed by atoms with Crippen molar-refractivity contribution in [3.8, 4) is 0 Å². The molecule has 1 N–H and O–H groups in total. The van der Waals surface area contributed by atoms with E-state index in [-0.39, 0.29) is 11.6 Å². The van der Waals surface area contributed by atoms with Gasteiger partial charge in [-0.1, -0.05) is 36.8 Å². The average Bonchev–Trinajstić information content (AvgIpc) is 2.93. The highest BCUT2D eigenvalue weighted by Gasteiger charge is 2.29. The molecule has 150 valence electrons. The van der Waals surface area contributed by atoms with Crippen molar-refractivity contribution >= 4 is 6.03 Å². The lowest BCUT2D eigenvalue weighted by atomic mass is 9.98. The molecule has 0 aliphatic carbocycles. The Hall–Kier alpha value is -1.59. The van der Waals surface area contributed by atoms with Gasteiger partial charge >= 0.3 is 6.03 Å². The molecule has 3 rings (SSSR count). The van der Waals surface area contributed by atoms with Crippen LogP contribution in [-0.2, 0) is 6.54 Å². The molecule has 2 fully saturated rings. The van der Waals surface area contributed by atoms with E-state index in [2.05, 4.69) is 59.3 Å². The number of carbonyl (C=O) groups is 1. The summed E-state index contributed by atoms with van der Waals surface area (Å²) in [5.41, 5.74) is 1.38. The fourth-order valence-corrected chi connectivity index (χ4v) is 4.19. The summed E-state index contributed by atoms with van der Waals surface area (Å²) >= 11 is 0. The molecule has 0 aromatic heterocycles. The number of urea groups is 1. The first-order valence-electron chi connectivity index (χ1n) is 10.6. The highest BCUT2D eigenvalue weighted by Crippen LogP contribution is 2.20. The van der Waals surface area contributed by atoms with Gasteiger partial charge in [0.25, 0.3) is 0 Å². The summed E-state index contributed by atoms with van der Waals surface area (Å²) in [4.78, 5) is 19.7. The number of piperidine rings is 1. The van der Waals surface area contributed by atoms with E-state index < -0.39 is 0 Å². The predicted molar refractivity (Wildman–Crippen MR) is 111 cm³/mol. The van der Waals surface area contributed by atoms with E-state index in [0.29, 0.717) is 0 Å². The maximum atomic E-state index is 12.7. The Morgan fingerprint density at radius 2 is 1.67 bits per heavy atom. The molecule has 0 spiro atoms. The Morgan fingerprint density at radius 3 is 2.41 bits per heavy atom. The number of nitrogens with one attached hydrogen (secondary N) is 1. The van der Waals surface area contributed by atoms with E-state index in [1.54, 1.807) is 0 Å². The van der Waals surface area contributed by atoms with Crippen molar-refractivity contribution in [1.29, 1.82) is 0 Å². The molecule has 0 radical (unpaired) electrons. The highest BCUT2D eigenvalue weighted by molar-refractivity contribution is 5.74. The van der Waals surface area contributed by atoms with E-state index in [4.69, 9.17) is 0 Å². The van der Waals surface area contributed by atoms with E-state index in [0.717, 1.165) is 58.8 Å². The van der Waals surface area contributed by atoms with Gasteiger partial charge in [0.2, 0.25) is 0 Å². The van der Waals surface area contributed by atoms with Crippen LogP contribution in [0.1, 0.15) is 45.1 Å². The third-order valence-corrected chi connectivity index (χ3v) is 6.01. The van der Waals surface area contributed by atoms with Gasteiger partial charge in [-0.25, -0.2) is 4.79 Å². The van der Waals surface area contributed by atoms with Gasteiger partial charge in [-0.05, 0) is 51.8 Å². The van der Waals surface area contributed by atoms with Gasteiger partial charge in [0.15, 0.2) is 0 Å². The molecule has 5 heteroatoms. The molecule has 0 bridgehead atoms. The number of benzene rings is 1. The van der Waals surface area contributed by atoms with Gasteiger partial charge in [-0.3, -0.25) is 9.80 Å². The van der Waals surface area contributed by atoms with Crippen molar-refractivity contribution in [3.63, 3.8) is 0 Å². The number of rotatable bonds is 5. The molecule has 2 amide bonds. The molecule has 27 heavy (non-hydrogen) atoms. The number of amides is 2. The SMILES string of the molecule is CC(C)(CNC(=O)N1CCCN(Cc2ccccc2)CC1)N1CCCCC1. The van der Waals surface area contributed by atoms with Crippen molar-refractivity contribution in [3.05, 3.63) is 35.9 Å². The molecule has 5 nitrogen and oxygen atoms in total. The summed E-state index contributed by atoms with van der Waals surface area (Å²) in [5.74, 6) is 0. The van der Waals surface area contributed by atoms with Crippen LogP contribution in [0.3, 0.4) is 0 Å². The molecule has 0 atom stereocenters. The second kappa shape index (κ2) is 9.56. The van der Waals surface area contributed by atoms with Crippen LogP contribution in [0, 0.1) is 0 Å². The minimum atomic E-state index is 0.0290. The number of hydrogen-bond donors (Lipinski definition) is 1. The van der Waals surface area contributed by atoms with Crippen LogP contribution in [0.5, 0.6) is 0 Å². The van der Waals surface area contributed by atoms with Crippen LogP contribution in [0.25, 0.3) is 0 Å². The maximum Gasteiger partial charge on any atom is 0.317 e. The quantitative estimate of drug-likeness (QED) is 0.863. The maximum absolute atomic E-state index is 12.7. The number of nitrogens with zero attached hydrogens (tertiary/aromatic N) is 3. The van der Waals surface area contributed by atoms with Gasteiger partial charge in [0.05, 0.1) is 0 Å². The second-order valence-electron chi connectivity index (χ2n) is 8.62. The predicted octanol–water partition coefficient (Wildman–Crippen LogP) is 3.17. The second-order valence-corrected chi connectivity index (χ2v) is 8.62. The number of carbonyl (C=O) groups excluding carboxylic acids is 1. The van der Waals surface area contributed by atoms with Gasteiger partial charge < -0.3 is 10.2 Å². The van der Waals surface area contributed by atoms with Crippen LogP contribution in [0.2, 0.25) is 0 Å². The Labute approximate surface area is 164 Å². The van der Waals surface area contributed by atoms with E-state index in [9.17, 15) is 4.79 Å². The molecule has 2 aliphatic heterocycles. The van der Waals surface area contributed by atoms with Crippen molar-refractivity contribution < 1.29 is 4.79 Å². The largest absolute Gasteiger partial charge is 0.336 e. The third-order valence-electron chi connectivity index (χ3n) is 6.01. The standard InChI is InChI=1S/C22H36N4O/c1-22(2,26-14-7-4-8-15-26)19-23-21(27)25-13-9-12-24(16-17-25)18-20-10-5-3-6-11-20/h3,5-6,10-11H,4,7-9,12-19H2,1-2H3,(H,23,27). The number of likely N-dealkylation sites (tertiary alicyclic amines) is 1. The van der Waals surface area contributed by atoms with Gasteiger partial charge in [-0.2, -0.15) is 0 Å². The zero-order chi connectivity index (χ0) is 19.1. The summed E-state index contributed by atoms with van der Waals surface area (Å²) in [5, 5.41) is 3.21. The molecule has 2 aliphatic rings. The van der Waals surface area contributed by atoms with Gasteiger partial charge in [0.1, 0.15) is 0 Å². The van der Waals surface area contributed by atoms with Gasteiger partial charge in [0, 0.05) is 44.8 Å². The first kappa shape index (κ1) is 20.2. The Morgan fingerprint density at radius 1 is 0.926 bits per heavy atom. The number of hydrogen-bond acceptors (Lipinski definition) is 3. The van der Waals surface area contributed by atoms with E-state index >= 15 is 0 Å². The first-order valence-corrected chi connectivity index (χ1v) is 10.6. The van der Waals surface area contributed by atoms with Crippen LogP contribution >= 0.6 is 0 Å². The lowest BCUT2D eigenvalue weighted by molar-refractivity contribution is 0.0939. The van der Waals surface area contributed by atoms with Crippen molar-refractivity contribution in [2.24, 2.45) is 0 Å². The molecule has 0 saturated carbocycles. The zero-order valence-corrected chi connectivity index (χ0v) is 17.1. The average molecular weight is 373 g/mol. The summed E-state index contributed by atoms with van der Waals surface area (Å²) in [6, 6.07) is 10.7. The lowest BCUT2D eigenvalue weighted by Gasteiger charge is -2.41. The smallest absolute Gasteiger partial charge is 0.317 e. The summed E-state index contributed by atoms with van der Waals surface area (Å²) in [6.45, 7) is 12.2. The molecule has 2 saturated heterocycles.